The number of rotatable bonds is 2. The number of nitrogens with zero attached hydrogens (tertiary/aromatic N) is 1. The van der Waals surface area contributed by atoms with E-state index in [9.17, 15) is 0 Å². The Morgan fingerprint density at radius 2 is 1.89 bits per heavy atom. The molecule has 1 saturated heterocycles. The minimum absolute atomic E-state index is 0.308. The molecule has 2 aliphatic rings. The van der Waals surface area contributed by atoms with Crippen molar-refractivity contribution in [2.45, 2.75) is 44.2 Å². The van der Waals surface area contributed by atoms with Crippen molar-refractivity contribution in [2.24, 2.45) is 11.7 Å². The lowest BCUT2D eigenvalue weighted by molar-refractivity contribution is 0.0419. The van der Waals surface area contributed by atoms with E-state index in [1.165, 1.54) is 18.4 Å². The Bertz CT molecular complexity index is 431. The topological polar surface area (TPSA) is 29.3 Å². The van der Waals surface area contributed by atoms with Crippen molar-refractivity contribution >= 4 is 11.6 Å². The Hall–Kier alpha value is -0.570. The van der Waals surface area contributed by atoms with Gasteiger partial charge >= 0.3 is 0 Å². The van der Waals surface area contributed by atoms with Crippen molar-refractivity contribution in [2.75, 3.05) is 13.1 Å². The van der Waals surface area contributed by atoms with Crippen LogP contribution in [0, 0.1) is 5.92 Å². The van der Waals surface area contributed by atoms with Crippen LogP contribution in [0.3, 0.4) is 0 Å². The Kier molecular flexibility index (Phi) is 3.84. The largest absolute Gasteiger partial charge is 0.327 e. The summed E-state index contributed by atoms with van der Waals surface area (Å²) in [6, 6.07) is 9.38. The monoisotopic (exact) mass is 278 g/mol. The van der Waals surface area contributed by atoms with E-state index in [-0.39, 0.29) is 0 Å². The zero-order valence-corrected chi connectivity index (χ0v) is 12.3. The van der Waals surface area contributed by atoms with E-state index in [1.54, 1.807) is 0 Å². The second-order valence-corrected chi connectivity index (χ2v) is 6.76. The molecule has 19 heavy (non-hydrogen) atoms. The van der Waals surface area contributed by atoms with Gasteiger partial charge in [-0.05, 0) is 48.8 Å². The zero-order chi connectivity index (χ0) is 13.4. The molecule has 1 aliphatic carbocycles. The molecule has 2 N–H and O–H groups in total. The lowest BCUT2D eigenvalue weighted by Gasteiger charge is -2.48. The first kappa shape index (κ1) is 13.4. The van der Waals surface area contributed by atoms with E-state index < -0.39 is 0 Å². The molecule has 4 unspecified atom stereocenters. The summed E-state index contributed by atoms with van der Waals surface area (Å²) in [4.78, 5) is 2.63. The van der Waals surface area contributed by atoms with Crippen LogP contribution < -0.4 is 5.73 Å². The maximum atomic E-state index is 6.28. The van der Waals surface area contributed by atoms with E-state index in [4.69, 9.17) is 17.3 Å². The summed E-state index contributed by atoms with van der Waals surface area (Å²) < 4.78 is 0. The molecule has 0 amide bonds. The molecule has 2 fully saturated rings. The number of nitrogens with two attached hydrogens (primary N) is 1. The number of likely N-dealkylation sites (tertiary alicyclic amines) is 1. The number of hydrogen-bond donors (Lipinski definition) is 1. The van der Waals surface area contributed by atoms with Crippen molar-refractivity contribution in [3.05, 3.63) is 34.9 Å². The van der Waals surface area contributed by atoms with Crippen molar-refractivity contribution in [3.8, 4) is 0 Å². The second-order valence-electron chi connectivity index (χ2n) is 6.32. The maximum absolute atomic E-state index is 6.28. The van der Waals surface area contributed by atoms with Crippen molar-refractivity contribution in [1.29, 1.82) is 0 Å². The van der Waals surface area contributed by atoms with Gasteiger partial charge in [-0.25, -0.2) is 0 Å². The van der Waals surface area contributed by atoms with Gasteiger partial charge in [0.15, 0.2) is 0 Å². The third-order valence-corrected chi connectivity index (χ3v) is 5.15. The summed E-state index contributed by atoms with van der Waals surface area (Å²) in [6.07, 6.45) is 3.82. The molecular weight excluding hydrogens is 256 g/mol. The van der Waals surface area contributed by atoms with Gasteiger partial charge in [0.1, 0.15) is 0 Å². The first-order valence-corrected chi connectivity index (χ1v) is 7.76. The molecule has 104 valence electrons. The average molecular weight is 279 g/mol. The molecule has 4 atom stereocenters. The molecule has 3 rings (SSSR count). The third kappa shape index (κ3) is 2.81. The molecule has 3 heteroatoms. The molecule has 1 heterocycles. The smallest absolute Gasteiger partial charge is 0.0406 e. The Labute approximate surface area is 120 Å². The van der Waals surface area contributed by atoms with Crippen molar-refractivity contribution < 1.29 is 0 Å². The highest BCUT2D eigenvalue weighted by atomic mass is 35.5. The van der Waals surface area contributed by atoms with E-state index in [0.29, 0.717) is 12.0 Å². The third-order valence-electron chi connectivity index (χ3n) is 4.90. The summed E-state index contributed by atoms with van der Waals surface area (Å²) >= 11 is 5.97. The van der Waals surface area contributed by atoms with E-state index in [1.807, 2.05) is 12.1 Å². The molecule has 1 aromatic rings. The summed E-state index contributed by atoms with van der Waals surface area (Å²) in [5, 5.41) is 0.813. The summed E-state index contributed by atoms with van der Waals surface area (Å²) in [7, 11) is 0. The first-order valence-electron chi connectivity index (χ1n) is 7.38. The van der Waals surface area contributed by atoms with Gasteiger partial charge in [0.05, 0.1) is 0 Å². The maximum Gasteiger partial charge on any atom is 0.0406 e. The molecular formula is C16H23ClN2. The van der Waals surface area contributed by atoms with Gasteiger partial charge in [0, 0.05) is 30.2 Å². The standard InChI is InChI=1S/C16H23ClN2/c1-11-2-7-16(11)19-9-13(8-15(18)10-19)12-3-5-14(17)6-4-12/h3-6,11,13,15-16H,2,7-10,18H2,1H3. The van der Waals surface area contributed by atoms with Crippen LogP contribution in [0.25, 0.3) is 0 Å². The molecule has 1 aromatic carbocycles. The van der Waals surface area contributed by atoms with Gasteiger partial charge < -0.3 is 5.73 Å². The van der Waals surface area contributed by atoms with Gasteiger partial charge in [-0.2, -0.15) is 0 Å². The Morgan fingerprint density at radius 1 is 1.16 bits per heavy atom. The van der Waals surface area contributed by atoms with E-state index in [0.717, 1.165) is 36.5 Å². The zero-order valence-electron chi connectivity index (χ0n) is 11.6. The SMILES string of the molecule is CC1CCC1N1CC(N)CC(c2ccc(Cl)cc2)C1. The number of benzene rings is 1. The van der Waals surface area contributed by atoms with Gasteiger partial charge in [0.2, 0.25) is 0 Å². The number of halogens is 1. The molecule has 0 spiro atoms. The predicted octanol–water partition coefficient (Wildman–Crippen LogP) is 3.26. The van der Waals surface area contributed by atoms with Crippen LogP contribution in [0.5, 0.6) is 0 Å². The summed E-state index contributed by atoms with van der Waals surface area (Å²) in [6.45, 7) is 4.59. The Morgan fingerprint density at radius 3 is 2.47 bits per heavy atom. The molecule has 1 saturated carbocycles. The van der Waals surface area contributed by atoms with Crippen LogP contribution in [0.1, 0.15) is 37.7 Å². The minimum Gasteiger partial charge on any atom is -0.327 e. The molecule has 2 nitrogen and oxygen atoms in total. The van der Waals surface area contributed by atoms with Crippen LogP contribution in [-0.2, 0) is 0 Å². The highest BCUT2D eigenvalue weighted by molar-refractivity contribution is 6.30. The molecule has 0 aromatic heterocycles. The van der Waals surface area contributed by atoms with Gasteiger partial charge in [-0.15, -0.1) is 0 Å². The number of piperidine rings is 1. The summed E-state index contributed by atoms with van der Waals surface area (Å²) in [5.74, 6) is 1.41. The lowest BCUT2D eigenvalue weighted by Crippen LogP contribution is -2.55. The van der Waals surface area contributed by atoms with Crippen LogP contribution >= 0.6 is 11.6 Å². The average Bonchev–Trinajstić information content (AvgIpc) is 2.37. The van der Waals surface area contributed by atoms with Crippen molar-refractivity contribution in [3.63, 3.8) is 0 Å². The molecule has 1 aliphatic heterocycles. The van der Waals surface area contributed by atoms with Crippen LogP contribution in [0.4, 0.5) is 0 Å². The van der Waals surface area contributed by atoms with E-state index >= 15 is 0 Å². The molecule has 0 bridgehead atoms. The van der Waals surface area contributed by atoms with Crippen molar-refractivity contribution in [1.82, 2.24) is 4.90 Å². The van der Waals surface area contributed by atoms with Gasteiger partial charge in [-0.3, -0.25) is 4.90 Å². The van der Waals surface area contributed by atoms with Gasteiger partial charge in [-0.1, -0.05) is 30.7 Å². The highest BCUT2D eigenvalue weighted by Crippen LogP contribution is 2.36. The normalized spacial score (nSPS) is 35.9. The first-order chi connectivity index (χ1) is 9.13. The van der Waals surface area contributed by atoms with Crippen LogP contribution in [-0.4, -0.2) is 30.1 Å². The lowest BCUT2D eigenvalue weighted by atomic mass is 9.77. The molecule has 0 radical (unpaired) electrons. The fourth-order valence-corrected chi connectivity index (χ4v) is 3.74. The van der Waals surface area contributed by atoms with Crippen LogP contribution in [0.2, 0.25) is 5.02 Å². The number of hydrogen-bond acceptors (Lipinski definition) is 2. The predicted molar refractivity (Wildman–Crippen MR) is 80.5 cm³/mol. The highest BCUT2D eigenvalue weighted by Gasteiger charge is 2.36. The van der Waals surface area contributed by atoms with Crippen LogP contribution in [0.15, 0.2) is 24.3 Å². The Balaban J connectivity index is 1.73. The fraction of sp³-hybridized carbons (Fsp3) is 0.625. The minimum atomic E-state index is 0.308. The fourth-order valence-electron chi connectivity index (χ4n) is 3.61. The second kappa shape index (κ2) is 5.43. The van der Waals surface area contributed by atoms with E-state index in [2.05, 4.69) is 24.0 Å². The van der Waals surface area contributed by atoms with Gasteiger partial charge in [0.25, 0.3) is 0 Å². The quantitative estimate of drug-likeness (QED) is 0.900. The summed E-state index contributed by atoms with van der Waals surface area (Å²) in [5.41, 5.74) is 7.66.